The Morgan fingerprint density at radius 1 is 1.30 bits per heavy atom. The highest BCUT2D eigenvalue weighted by molar-refractivity contribution is 14.0. The molecule has 0 saturated carbocycles. The number of aryl methyl sites for hydroxylation is 1. The number of hydrogen-bond donors (Lipinski definition) is 1. The minimum absolute atomic E-state index is 0. The van der Waals surface area contributed by atoms with Gasteiger partial charge in [0.15, 0.2) is 5.96 Å². The van der Waals surface area contributed by atoms with Gasteiger partial charge in [-0.1, -0.05) is 36.8 Å². The largest absolute Gasteiger partial charge is 0.370 e. The van der Waals surface area contributed by atoms with Crippen LogP contribution in [0.3, 0.4) is 0 Å². The molecule has 1 aliphatic heterocycles. The molecular weight excluding hydrogens is 381 g/mol. The topological polar surface area (TPSA) is 41.6 Å². The number of hydrogen-bond acceptors (Lipinski definition) is 2. The zero-order chi connectivity index (χ0) is 13.7. The van der Waals surface area contributed by atoms with Crippen LogP contribution < -0.4 is 5.73 Å². The SMILES string of the molecule is Cc1ccc(C(C)CN=C(N)N2CCSCC2)cc1.I. The number of guanidine groups is 1. The van der Waals surface area contributed by atoms with Crippen LogP contribution in [0.2, 0.25) is 0 Å². The molecule has 1 fully saturated rings. The summed E-state index contributed by atoms with van der Waals surface area (Å²) in [6.07, 6.45) is 0. The van der Waals surface area contributed by atoms with Gasteiger partial charge in [0.1, 0.15) is 0 Å². The second-order valence-electron chi connectivity index (χ2n) is 5.11. The standard InChI is InChI=1S/C15H23N3S.HI/c1-12-3-5-14(6-4-12)13(2)11-17-15(16)18-7-9-19-10-8-18;/h3-6,13H,7-11H2,1-2H3,(H2,16,17);1H. The van der Waals surface area contributed by atoms with E-state index in [1.54, 1.807) is 0 Å². The Morgan fingerprint density at radius 3 is 2.50 bits per heavy atom. The molecule has 1 aromatic carbocycles. The molecule has 20 heavy (non-hydrogen) atoms. The van der Waals surface area contributed by atoms with Gasteiger partial charge in [0.2, 0.25) is 0 Å². The van der Waals surface area contributed by atoms with E-state index in [1.807, 2.05) is 11.8 Å². The predicted octanol–water partition coefficient (Wildman–Crippen LogP) is 3.08. The fraction of sp³-hybridized carbons (Fsp3) is 0.533. The van der Waals surface area contributed by atoms with Gasteiger partial charge in [-0.2, -0.15) is 11.8 Å². The fourth-order valence-corrected chi connectivity index (χ4v) is 3.03. The molecular formula is C15H24IN3S. The van der Waals surface area contributed by atoms with Crippen LogP contribution in [0.5, 0.6) is 0 Å². The zero-order valence-corrected chi connectivity index (χ0v) is 15.4. The van der Waals surface area contributed by atoms with Gasteiger partial charge in [0.25, 0.3) is 0 Å². The second-order valence-corrected chi connectivity index (χ2v) is 6.33. The van der Waals surface area contributed by atoms with Crippen molar-refractivity contribution in [3.05, 3.63) is 35.4 Å². The Labute approximate surface area is 143 Å². The first-order valence-electron chi connectivity index (χ1n) is 6.86. The van der Waals surface area contributed by atoms with Crippen molar-refractivity contribution in [2.45, 2.75) is 19.8 Å². The van der Waals surface area contributed by atoms with E-state index in [0.717, 1.165) is 31.1 Å². The molecule has 1 aliphatic rings. The lowest BCUT2D eigenvalue weighted by atomic mass is 10.0. The first kappa shape index (κ1) is 17.6. The van der Waals surface area contributed by atoms with Gasteiger partial charge in [-0.25, -0.2) is 0 Å². The summed E-state index contributed by atoms with van der Waals surface area (Å²) in [4.78, 5) is 6.75. The number of nitrogens with zero attached hydrogens (tertiary/aromatic N) is 2. The van der Waals surface area contributed by atoms with Crippen molar-refractivity contribution in [3.63, 3.8) is 0 Å². The summed E-state index contributed by atoms with van der Waals surface area (Å²) < 4.78 is 0. The molecule has 2 rings (SSSR count). The van der Waals surface area contributed by atoms with Crippen molar-refractivity contribution in [1.29, 1.82) is 0 Å². The van der Waals surface area contributed by atoms with Crippen molar-refractivity contribution < 1.29 is 0 Å². The Balaban J connectivity index is 0.00000200. The molecule has 1 heterocycles. The molecule has 0 amide bonds. The normalized spacial score (nSPS) is 17.5. The monoisotopic (exact) mass is 405 g/mol. The number of nitrogens with two attached hydrogens (primary N) is 1. The van der Waals surface area contributed by atoms with E-state index in [0.29, 0.717) is 11.9 Å². The molecule has 3 nitrogen and oxygen atoms in total. The Hall–Kier alpha value is -0.430. The first-order chi connectivity index (χ1) is 9.16. The predicted molar refractivity (Wildman–Crippen MR) is 100 cm³/mol. The van der Waals surface area contributed by atoms with E-state index < -0.39 is 0 Å². The lowest BCUT2D eigenvalue weighted by molar-refractivity contribution is 0.455. The maximum atomic E-state index is 6.07. The zero-order valence-electron chi connectivity index (χ0n) is 12.2. The maximum Gasteiger partial charge on any atom is 0.191 e. The van der Waals surface area contributed by atoms with Crippen LogP contribution in [0, 0.1) is 6.92 Å². The lowest BCUT2D eigenvalue weighted by Crippen LogP contribution is -2.42. The highest BCUT2D eigenvalue weighted by atomic mass is 127. The average Bonchev–Trinajstić information content (AvgIpc) is 2.46. The molecule has 112 valence electrons. The summed E-state index contributed by atoms with van der Waals surface area (Å²) in [6, 6.07) is 8.67. The van der Waals surface area contributed by atoms with Crippen LogP contribution in [0.25, 0.3) is 0 Å². The van der Waals surface area contributed by atoms with E-state index in [2.05, 4.69) is 48.0 Å². The van der Waals surface area contributed by atoms with Crippen molar-refractivity contribution in [3.8, 4) is 0 Å². The van der Waals surface area contributed by atoms with Gasteiger partial charge < -0.3 is 10.6 Å². The van der Waals surface area contributed by atoms with Gasteiger partial charge in [-0.15, -0.1) is 24.0 Å². The average molecular weight is 405 g/mol. The van der Waals surface area contributed by atoms with Crippen LogP contribution in [-0.4, -0.2) is 42.0 Å². The minimum Gasteiger partial charge on any atom is -0.370 e. The Kier molecular flexibility index (Phi) is 7.72. The van der Waals surface area contributed by atoms with Gasteiger partial charge in [0, 0.05) is 37.1 Å². The van der Waals surface area contributed by atoms with Crippen molar-refractivity contribution in [2.75, 3.05) is 31.1 Å². The third kappa shape index (κ3) is 5.16. The Morgan fingerprint density at radius 2 is 1.90 bits per heavy atom. The molecule has 0 aromatic heterocycles. The third-order valence-electron chi connectivity index (χ3n) is 3.51. The van der Waals surface area contributed by atoms with Crippen LogP contribution in [0.4, 0.5) is 0 Å². The molecule has 0 bridgehead atoms. The summed E-state index contributed by atoms with van der Waals surface area (Å²) in [5.74, 6) is 3.44. The molecule has 2 N–H and O–H groups in total. The molecule has 0 aliphatic carbocycles. The molecule has 5 heteroatoms. The summed E-state index contributed by atoms with van der Waals surface area (Å²) in [7, 11) is 0. The highest BCUT2D eigenvalue weighted by Gasteiger charge is 2.12. The van der Waals surface area contributed by atoms with E-state index in [9.17, 15) is 0 Å². The van der Waals surface area contributed by atoms with E-state index in [1.165, 1.54) is 11.1 Å². The number of rotatable bonds is 3. The number of thioether (sulfide) groups is 1. The van der Waals surface area contributed by atoms with E-state index in [-0.39, 0.29) is 24.0 Å². The summed E-state index contributed by atoms with van der Waals surface area (Å²) in [5.41, 5.74) is 8.69. The van der Waals surface area contributed by atoms with Gasteiger partial charge in [-0.05, 0) is 12.5 Å². The first-order valence-corrected chi connectivity index (χ1v) is 8.01. The minimum atomic E-state index is 0. The van der Waals surface area contributed by atoms with E-state index in [4.69, 9.17) is 5.73 Å². The number of aliphatic imine (C=N–C) groups is 1. The molecule has 1 atom stereocenters. The van der Waals surface area contributed by atoms with Crippen LogP contribution in [0.15, 0.2) is 29.3 Å². The third-order valence-corrected chi connectivity index (χ3v) is 4.45. The van der Waals surface area contributed by atoms with Crippen molar-refractivity contribution >= 4 is 41.7 Å². The lowest BCUT2D eigenvalue weighted by Gasteiger charge is -2.27. The summed E-state index contributed by atoms with van der Waals surface area (Å²) >= 11 is 1.99. The van der Waals surface area contributed by atoms with Crippen LogP contribution >= 0.6 is 35.7 Å². The summed E-state index contributed by atoms with van der Waals surface area (Å²) in [6.45, 7) is 7.13. The van der Waals surface area contributed by atoms with Crippen molar-refractivity contribution in [1.82, 2.24) is 4.90 Å². The van der Waals surface area contributed by atoms with Crippen LogP contribution in [-0.2, 0) is 0 Å². The number of benzene rings is 1. The molecule has 1 saturated heterocycles. The maximum absolute atomic E-state index is 6.07. The van der Waals surface area contributed by atoms with Gasteiger partial charge >= 0.3 is 0 Å². The smallest absolute Gasteiger partial charge is 0.191 e. The van der Waals surface area contributed by atoms with Gasteiger partial charge in [-0.3, -0.25) is 4.99 Å². The fourth-order valence-electron chi connectivity index (χ4n) is 2.12. The van der Waals surface area contributed by atoms with Gasteiger partial charge in [0.05, 0.1) is 0 Å². The van der Waals surface area contributed by atoms with E-state index >= 15 is 0 Å². The second kappa shape index (κ2) is 8.77. The Bertz CT molecular complexity index is 427. The quantitative estimate of drug-likeness (QED) is 0.478. The van der Waals surface area contributed by atoms with Crippen LogP contribution in [0.1, 0.15) is 24.0 Å². The summed E-state index contributed by atoms with van der Waals surface area (Å²) in [5, 5.41) is 0. The highest BCUT2D eigenvalue weighted by Crippen LogP contribution is 2.16. The number of halogens is 1. The molecule has 1 unspecified atom stereocenters. The van der Waals surface area contributed by atoms with Crippen molar-refractivity contribution in [2.24, 2.45) is 10.7 Å². The molecule has 0 spiro atoms. The molecule has 1 aromatic rings. The molecule has 0 radical (unpaired) electrons.